The summed E-state index contributed by atoms with van der Waals surface area (Å²) in [6.07, 6.45) is 0. The number of hydrogen-bond acceptors (Lipinski definition) is 3. The number of amides is 1. The van der Waals surface area contributed by atoms with Gasteiger partial charge in [-0.25, -0.2) is 0 Å². The maximum atomic E-state index is 12.5. The summed E-state index contributed by atoms with van der Waals surface area (Å²) in [4.78, 5) is 12.5. The Morgan fingerprint density at radius 3 is 2.42 bits per heavy atom. The van der Waals surface area contributed by atoms with Gasteiger partial charge in [-0.3, -0.25) is 4.79 Å². The average molecular weight is 425 g/mol. The maximum absolute atomic E-state index is 12.5. The van der Waals surface area contributed by atoms with E-state index in [4.69, 9.17) is 34.8 Å². The van der Waals surface area contributed by atoms with E-state index in [1.807, 2.05) is 0 Å². The maximum Gasteiger partial charge on any atom is 0.256 e. The van der Waals surface area contributed by atoms with Gasteiger partial charge in [-0.05, 0) is 30.3 Å². The highest BCUT2D eigenvalue weighted by Crippen LogP contribution is 2.42. The first-order valence-electron chi connectivity index (χ1n) is 7.39. The van der Waals surface area contributed by atoms with Gasteiger partial charge in [0.1, 0.15) is 10.8 Å². The highest BCUT2D eigenvalue weighted by atomic mass is 35.5. The van der Waals surface area contributed by atoms with E-state index in [0.29, 0.717) is 42.3 Å². The van der Waals surface area contributed by atoms with E-state index < -0.39 is 0 Å². The highest BCUT2D eigenvalue weighted by molar-refractivity contribution is 7.15. The minimum atomic E-state index is -0.342. The molecule has 132 valence electrons. The molecule has 0 radical (unpaired) electrons. The number of thiophene rings is 1. The summed E-state index contributed by atoms with van der Waals surface area (Å²) in [5.74, 6) is -0.515. The fraction of sp³-hybridized carbons (Fsp3) is 0. The second-order valence-corrected chi connectivity index (χ2v) is 7.55. The summed E-state index contributed by atoms with van der Waals surface area (Å²) >= 11 is 19.4. The molecule has 26 heavy (non-hydrogen) atoms. The molecule has 1 amide bonds. The van der Waals surface area contributed by atoms with Crippen LogP contribution in [0.3, 0.4) is 0 Å². The van der Waals surface area contributed by atoms with Gasteiger partial charge < -0.3 is 10.4 Å². The molecule has 2 N–H and O–H groups in total. The van der Waals surface area contributed by atoms with Crippen molar-refractivity contribution in [3.63, 3.8) is 0 Å². The van der Waals surface area contributed by atoms with Crippen LogP contribution >= 0.6 is 46.1 Å². The number of nitrogens with one attached hydrogen (secondary N) is 1. The van der Waals surface area contributed by atoms with Crippen molar-refractivity contribution in [2.45, 2.75) is 0 Å². The Morgan fingerprint density at radius 2 is 1.77 bits per heavy atom. The normalized spacial score (nSPS) is 10.6. The molecule has 1 heterocycles. The first kappa shape index (κ1) is 18.8. The van der Waals surface area contributed by atoms with Crippen LogP contribution in [0.5, 0.6) is 0 Å². The lowest BCUT2D eigenvalue weighted by Crippen LogP contribution is -2.11. The Balaban J connectivity index is 2.00. The minimum Gasteiger partial charge on any atom is -0.508 e. The lowest BCUT2D eigenvalue weighted by Gasteiger charge is -2.09. The summed E-state index contributed by atoms with van der Waals surface area (Å²) in [6, 6.07) is 11.7. The van der Waals surface area contributed by atoms with Crippen LogP contribution in [0, 0.1) is 0 Å². The molecule has 0 atom stereocenters. The molecule has 0 saturated heterocycles. The molecular weight excluding hydrogens is 413 g/mol. The smallest absolute Gasteiger partial charge is 0.256 e. The Hall–Kier alpha value is -1.98. The predicted molar refractivity (Wildman–Crippen MR) is 111 cm³/mol. The third kappa shape index (κ3) is 3.89. The summed E-state index contributed by atoms with van der Waals surface area (Å²) in [5.41, 5.74) is 2.16. The number of aliphatic hydroxyl groups excluding tert-OH is 1. The molecule has 3 nitrogen and oxygen atoms in total. The summed E-state index contributed by atoms with van der Waals surface area (Å²) in [5, 5.41) is 16.5. The zero-order valence-electron chi connectivity index (χ0n) is 13.2. The van der Waals surface area contributed by atoms with Crippen LogP contribution in [0.4, 0.5) is 5.00 Å². The molecule has 3 rings (SSSR count). The molecule has 0 bridgehead atoms. The molecule has 3 aromatic rings. The molecule has 0 aliphatic heterocycles. The molecule has 0 spiro atoms. The molecule has 7 heteroatoms. The van der Waals surface area contributed by atoms with Crippen molar-refractivity contribution in [3.05, 3.63) is 80.6 Å². The van der Waals surface area contributed by atoms with Crippen molar-refractivity contribution >= 4 is 62.8 Å². The first-order chi connectivity index (χ1) is 12.4. The second kappa shape index (κ2) is 7.72. The number of carbonyl (C=O) groups is 1. The van der Waals surface area contributed by atoms with Gasteiger partial charge in [-0.15, -0.1) is 11.3 Å². The van der Waals surface area contributed by atoms with Crippen LogP contribution in [0.2, 0.25) is 15.1 Å². The van der Waals surface area contributed by atoms with Gasteiger partial charge >= 0.3 is 0 Å². The van der Waals surface area contributed by atoms with Gasteiger partial charge in [0.25, 0.3) is 5.91 Å². The summed E-state index contributed by atoms with van der Waals surface area (Å²) in [7, 11) is 0. The number of anilines is 1. The standard InChI is InChI=1S/C19H12Cl3NO2S/c1-10(24)17-15(14-6-5-13(21)8-16(14)22)9-26-19(17)23-18(25)11-3-2-4-12(20)7-11/h2-9,24H,1H2,(H,23,25). The lowest BCUT2D eigenvalue weighted by molar-refractivity contribution is 0.102. The summed E-state index contributed by atoms with van der Waals surface area (Å²) in [6.45, 7) is 3.61. The number of halogens is 3. The van der Waals surface area contributed by atoms with Crippen molar-refractivity contribution in [1.82, 2.24) is 0 Å². The van der Waals surface area contributed by atoms with Crippen molar-refractivity contribution < 1.29 is 9.90 Å². The van der Waals surface area contributed by atoms with Gasteiger partial charge in [0.2, 0.25) is 0 Å². The van der Waals surface area contributed by atoms with E-state index in [2.05, 4.69) is 11.9 Å². The molecule has 1 aromatic heterocycles. The van der Waals surface area contributed by atoms with Crippen LogP contribution in [0.1, 0.15) is 15.9 Å². The van der Waals surface area contributed by atoms with Crippen LogP contribution in [0.15, 0.2) is 54.4 Å². The number of hydrogen-bond donors (Lipinski definition) is 2. The van der Waals surface area contributed by atoms with Gasteiger partial charge in [0.05, 0.1) is 5.56 Å². The van der Waals surface area contributed by atoms with Crippen molar-refractivity contribution in [2.75, 3.05) is 5.32 Å². The van der Waals surface area contributed by atoms with Crippen LogP contribution in [-0.2, 0) is 0 Å². The van der Waals surface area contributed by atoms with Gasteiger partial charge in [-0.1, -0.05) is 53.5 Å². The topological polar surface area (TPSA) is 49.3 Å². The molecule has 0 fully saturated rings. The van der Waals surface area contributed by atoms with Crippen LogP contribution in [-0.4, -0.2) is 11.0 Å². The number of aliphatic hydroxyl groups is 1. The molecule has 0 aliphatic rings. The zero-order chi connectivity index (χ0) is 18.8. The van der Waals surface area contributed by atoms with Crippen molar-refractivity contribution in [1.29, 1.82) is 0 Å². The average Bonchev–Trinajstić information content (AvgIpc) is 2.98. The Bertz CT molecular complexity index is 1010. The van der Waals surface area contributed by atoms with Gasteiger partial charge in [0.15, 0.2) is 0 Å². The van der Waals surface area contributed by atoms with Crippen LogP contribution < -0.4 is 5.32 Å². The van der Waals surface area contributed by atoms with E-state index >= 15 is 0 Å². The van der Waals surface area contributed by atoms with Crippen molar-refractivity contribution in [3.8, 4) is 11.1 Å². The van der Waals surface area contributed by atoms with E-state index in [0.717, 1.165) is 0 Å². The minimum absolute atomic E-state index is 0.173. The Labute approximate surface area is 169 Å². The monoisotopic (exact) mass is 423 g/mol. The van der Waals surface area contributed by atoms with E-state index in [-0.39, 0.29) is 11.7 Å². The third-order valence-electron chi connectivity index (χ3n) is 3.61. The van der Waals surface area contributed by atoms with Gasteiger partial charge in [0, 0.05) is 37.1 Å². The quantitative estimate of drug-likeness (QED) is 0.437. The van der Waals surface area contributed by atoms with E-state index in [1.54, 1.807) is 47.8 Å². The number of rotatable bonds is 4. The predicted octanol–water partition coefficient (Wildman–Crippen LogP) is 7.16. The fourth-order valence-corrected chi connectivity index (χ4v) is 4.13. The first-order valence-corrected chi connectivity index (χ1v) is 9.40. The lowest BCUT2D eigenvalue weighted by atomic mass is 10.0. The van der Waals surface area contributed by atoms with E-state index in [1.165, 1.54) is 11.3 Å². The SMILES string of the molecule is C=C(O)c1c(-c2ccc(Cl)cc2Cl)csc1NC(=O)c1cccc(Cl)c1. The molecule has 0 unspecified atom stereocenters. The molecular formula is C19H12Cl3NO2S. The molecule has 0 saturated carbocycles. The van der Waals surface area contributed by atoms with Crippen LogP contribution in [0.25, 0.3) is 16.9 Å². The van der Waals surface area contributed by atoms with Crippen molar-refractivity contribution in [2.24, 2.45) is 0 Å². The number of benzene rings is 2. The largest absolute Gasteiger partial charge is 0.508 e. The second-order valence-electron chi connectivity index (χ2n) is 5.39. The van der Waals surface area contributed by atoms with E-state index in [9.17, 15) is 9.90 Å². The number of carbonyl (C=O) groups excluding carboxylic acids is 1. The van der Waals surface area contributed by atoms with Gasteiger partial charge in [-0.2, -0.15) is 0 Å². The highest BCUT2D eigenvalue weighted by Gasteiger charge is 2.20. The molecule has 2 aromatic carbocycles. The Kier molecular flexibility index (Phi) is 5.58. The third-order valence-corrected chi connectivity index (χ3v) is 5.29. The molecule has 0 aliphatic carbocycles. The fourth-order valence-electron chi connectivity index (χ4n) is 2.45. The zero-order valence-corrected chi connectivity index (χ0v) is 16.3. The summed E-state index contributed by atoms with van der Waals surface area (Å²) < 4.78 is 0. The Morgan fingerprint density at radius 1 is 1.04 bits per heavy atom.